The largest absolute Gasteiger partial charge is 0.416 e. The van der Waals surface area contributed by atoms with Crippen molar-refractivity contribution in [1.29, 1.82) is 0 Å². The molecule has 1 aromatic carbocycles. The average molecular weight is 249 g/mol. The normalized spacial score (nSPS) is 11.9. The van der Waals surface area contributed by atoms with E-state index in [-0.39, 0.29) is 11.0 Å². The van der Waals surface area contributed by atoms with Gasteiger partial charge in [0, 0.05) is 6.07 Å². The lowest BCUT2D eigenvalue weighted by molar-refractivity contribution is -0.383. The Labute approximate surface area is 90.0 Å². The summed E-state index contributed by atoms with van der Waals surface area (Å²) in [6, 6.07) is 1.20. The fraction of sp³-hybridized carbons (Fsp3) is 0.143. The summed E-state index contributed by atoms with van der Waals surface area (Å²) in [7, 11) is 0. The van der Waals surface area contributed by atoms with Crippen LogP contribution < -0.4 is 0 Å². The number of hydrogen-bond donors (Lipinski definition) is 0. The van der Waals surface area contributed by atoms with Gasteiger partial charge in [0.2, 0.25) is 0 Å². The van der Waals surface area contributed by atoms with Crippen molar-refractivity contribution in [3.8, 4) is 0 Å². The van der Waals surface area contributed by atoms with E-state index in [9.17, 15) is 23.3 Å². The fourth-order valence-corrected chi connectivity index (χ4v) is 1.71. The lowest BCUT2D eigenvalue weighted by Crippen LogP contribution is -2.05. The minimum absolute atomic E-state index is 0.119. The van der Waals surface area contributed by atoms with E-state index in [1.165, 1.54) is 0 Å². The quantitative estimate of drug-likeness (QED) is 0.575. The van der Waals surface area contributed by atoms with Crippen molar-refractivity contribution >= 4 is 28.4 Å². The number of nitro benzene ring substituents is 1. The summed E-state index contributed by atoms with van der Waals surface area (Å²) in [4.78, 5) is 9.66. The molecule has 0 aliphatic heterocycles. The molecule has 2 rings (SSSR count). The van der Waals surface area contributed by atoms with Gasteiger partial charge in [-0.1, -0.05) is 0 Å². The van der Waals surface area contributed by atoms with E-state index >= 15 is 0 Å². The smallest absolute Gasteiger partial charge is 0.258 e. The molecule has 0 bridgehead atoms. The van der Waals surface area contributed by atoms with Crippen LogP contribution in [0.1, 0.15) is 5.56 Å². The summed E-state index contributed by atoms with van der Waals surface area (Å²) in [5.41, 5.74) is -2.02. The summed E-state index contributed by atoms with van der Waals surface area (Å²) in [5.74, 6) is 0. The Bertz CT molecular complexity index is 565. The number of hydrogen-bond acceptors (Lipinski definition) is 5. The Kier molecular flexibility index (Phi) is 2.26. The zero-order valence-electron chi connectivity index (χ0n) is 7.35. The first-order chi connectivity index (χ1) is 7.39. The van der Waals surface area contributed by atoms with Crippen molar-refractivity contribution in [3.63, 3.8) is 0 Å². The Balaban J connectivity index is 2.76. The lowest BCUT2D eigenvalue weighted by Gasteiger charge is -2.05. The molecule has 1 aromatic heterocycles. The van der Waals surface area contributed by atoms with Gasteiger partial charge in [0.1, 0.15) is 5.52 Å². The molecule has 84 valence electrons. The predicted molar refractivity (Wildman–Crippen MR) is 49.1 cm³/mol. The SMILES string of the molecule is O=[N+]([O-])c1cc(C(F)(F)F)cc2nsnc12. The van der Waals surface area contributed by atoms with Gasteiger partial charge in [0.25, 0.3) is 5.69 Å². The molecular weight excluding hydrogens is 247 g/mol. The molecule has 0 saturated heterocycles. The van der Waals surface area contributed by atoms with Crippen LogP contribution in [0.15, 0.2) is 12.1 Å². The molecule has 0 aliphatic carbocycles. The second kappa shape index (κ2) is 3.37. The third-order valence-corrected chi connectivity index (χ3v) is 2.41. The van der Waals surface area contributed by atoms with Gasteiger partial charge in [-0.3, -0.25) is 10.1 Å². The van der Waals surface area contributed by atoms with Crippen molar-refractivity contribution in [2.45, 2.75) is 6.18 Å². The Morgan fingerprint density at radius 3 is 2.56 bits per heavy atom. The molecule has 1 heterocycles. The predicted octanol–water partition coefficient (Wildman–Crippen LogP) is 2.62. The van der Waals surface area contributed by atoms with Crippen LogP contribution in [-0.2, 0) is 6.18 Å². The first kappa shape index (κ1) is 10.7. The number of non-ortho nitro benzene ring substituents is 1. The average Bonchev–Trinajstić information content (AvgIpc) is 2.61. The monoisotopic (exact) mass is 249 g/mol. The molecule has 0 N–H and O–H groups in total. The Morgan fingerprint density at radius 1 is 1.31 bits per heavy atom. The van der Waals surface area contributed by atoms with E-state index in [4.69, 9.17) is 0 Å². The number of alkyl halides is 3. The van der Waals surface area contributed by atoms with Crippen molar-refractivity contribution in [2.24, 2.45) is 0 Å². The third kappa shape index (κ3) is 1.69. The second-order valence-corrected chi connectivity index (χ2v) is 3.41. The molecule has 2 aromatic rings. The van der Waals surface area contributed by atoms with E-state index in [0.717, 1.165) is 6.07 Å². The van der Waals surface area contributed by atoms with Crippen LogP contribution in [-0.4, -0.2) is 13.7 Å². The van der Waals surface area contributed by atoms with Crippen LogP contribution in [0.3, 0.4) is 0 Å². The van der Waals surface area contributed by atoms with Gasteiger partial charge in [-0.05, 0) is 6.07 Å². The molecular formula is C7H2F3N3O2S. The van der Waals surface area contributed by atoms with Gasteiger partial charge in [-0.2, -0.15) is 21.9 Å². The zero-order valence-corrected chi connectivity index (χ0v) is 8.17. The van der Waals surface area contributed by atoms with Gasteiger partial charge < -0.3 is 0 Å². The molecule has 9 heteroatoms. The molecule has 0 amide bonds. The molecule has 0 atom stereocenters. The Morgan fingerprint density at radius 2 is 2.00 bits per heavy atom. The summed E-state index contributed by atoms with van der Waals surface area (Å²) >= 11 is 0.632. The van der Waals surface area contributed by atoms with Crippen molar-refractivity contribution in [3.05, 3.63) is 27.8 Å². The minimum atomic E-state index is -4.64. The van der Waals surface area contributed by atoms with Crippen LogP contribution in [0.4, 0.5) is 18.9 Å². The van der Waals surface area contributed by atoms with Gasteiger partial charge in [-0.15, -0.1) is 0 Å². The van der Waals surface area contributed by atoms with Crippen molar-refractivity contribution in [1.82, 2.24) is 8.75 Å². The summed E-state index contributed by atoms with van der Waals surface area (Å²) < 4.78 is 44.3. The van der Waals surface area contributed by atoms with Gasteiger partial charge >= 0.3 is 6.18 Å². The summed E-state index contributed by atoms with van der Waals surface area (Å²) in [6.07, 6.45) is -4.64. The number of halogens is 3. The lowest BCUT2D eigenvalue weighted by atomic mass is 10.1. The maximum atomic E-state index is 12.4. The molecule has 0 aliphatic rings. The minimum Gasteiger partial charge on any atom is -0.258 e. The fourth-order valence-electron chi connectivity index (χ4n) is 1.18. The number of nitro groups is 1. The molecule has 0 spiro atoms. The van der Waals surface area contributed by atoms with Gasteiger partial charge in [0.15, 0.2) is 5.52 Å². The number of rotatable bonds is 1. The number of benzene rings is 1. The van der Waals surface area contributed by atoms with Crippen LogP contribution >= 0.6 is 11.7 Å². The number of aromatic nitrogens is 2. The van der Waals surface area contributed by atoms with E-state index in [2.05, 4.69) is 8.75 Å². The third-order valence-electron chi connectivity index (χ3n) is 1.86. The highest BCUT2D eigenvalue weighted by Crippen LogP contribution is 2.35. The number of nitrogens with zero attached hydrogens (tertiary/aromatic N) is 3. The van der Waals surface area contributed by atoms with Crippen molar-refractivity contribution < 1.29 is 18.1 Å². The van der Waals surface area contributed by atoms with E-state index in [1.54, 1.807) is 0 Å². The molecule has 5 nitrogen and oxygen atoms in total. The van der Waals surface area contributed by atoms with Gasteiger partial charge in [-0.25, -0.2) is 0 Å². The molecule has 0 unspecified atom stereocenters. The van der Waals surface area contributed by atoms with E-state index < -0.39 is 22.4 Å². The Hall–Kier alpha value is -1.77. The molecule has 0 radical (unpaired) electrons. The van der Waals surface area contributed by atoms with Crippen LogP contribution in [0, 0.1) is 10.1 Å². The van der Waals surface area contributed by atoms with Crippen molar-refractivity contribution in [2.75, 3.05) is 0 Å². The number of fused-ring (bicyclic) bond motifs is 1. The first-order valence-electron chi connectivity index (χ1n) is 3.87. The van der Waals surface area contributed by atoms with E-state index in [0.29, 0.717) is 17.8 Å². The van der Waals surface area contributed by atoms with E-state index in [1.807, 2.05) is 0 Å². The highest BCUT2D eigenvalue weighted by atomic mass is 32.1. The first-order valence-corrected chi connectivity index (χ1v) is 4.60. The van der Waals surface area contributed by atoms with Gasteiger partial charge in [0.05, 0.1) is 22.2 Å². The second-order valence-electron chi connectivity index (χ2n) is 2.88. The summed E-state index contributed by atoms with van der Waals surface area (Å²) in [5, 5.41) is 10.6. The highest BCUT2D eigenvalue weighted by Gasteiger charge is 2.34. The maximum absolute atomic E-state index is 12.4. The molecule has 0 saturated carbocycles. The highest BCUT2D eigenvalue weighted by molar-refractivity contribution is 7.00. The van der Waals surface area contributed by atoms with Crippen LogP contribution in [0.2, 0.25) is 0 Å². The zero-order chi connectivity index (χ0) is 11.9. The molecule has 16 heavy (non-hydrogen) atoms. The molecule has 0 fully saturated rings. The maximum Gasteiger partial charge on any atom is 0.416 e. The van der Waals surface area contributed by atoms with Crippen LogP contribution in [0.5, 0.6) is 0 Å². The van der Waals surface area contributed by atoms with Crippen LogP contribution in [0.25, 0.3) is 11.0 Å². The topological polar surface area (TPSA) is 68.9 Å². The standard InChI is InChI=1S/C7H2F3N3O2S/c8-7(9,10)3-1-4-6(12-16-11-4)5(2-3)13(14)15/h1-2H. The summed E-state index contributed by atoms with van der Waals surface area (Å²) in [6.45, 7) is 0.